The van der Waals surface area contributed by atoms with Gasteiger partial charge in [0.2, 0.25) is 11.4 Å². The fourth-order valence-electron chi connectivity index (χ4n) is 3.53. The Morgan fingerprint density at radius 1 is 1.00 bits per heavy atom. The molecule has 0 spiro atoms. The van der Waals surface area contributed by atoms with E-state index in [1.54, 1.807) is 45.0 Å². The standard InChI is InChI=1S/C22H28N2O7/c1-5-30-20(28)22(23-15(4)25,21(29)31-6-2)12-11-14(3)13-24-18(26)16-9-7-8-10-17(16)19(24)27/h7-10,14H,5-6,11-13H2,1-4H3,(H,23,25). The molecule has 168 valence electrons. The van der Waals surface area contributed by atoms with Gasteiger partial charge in [0.05, 0.1) is 24.3 Å². The van der Waals surface area contributed by atoms with Gasteiger partial charge in [0.15, 0.2) is 0 Å². The first-order valence-electron chi connectivity index (χ1n) is 10.3. The van der Waals surface area contributed by atoms with E-state index in [4.69, 9.17) is 9.47 Å². The summed E-state index contributed by atoms with van der Waals surface area (Å²) in [6.07, 6.45) is 0.139. The van der Waals surface area contributed by atoms with E-state index in [1.807, 2.05) is 0 Å². The molecule has 31 heavy (non-hydrogen) atoms. The molecular formula is C22H28N2O7. The zero-order chi connectivity index (χ0) is 23.2. The maximum Gasteiger partial charge on any atom is 0.343 e. The molecule has 1 aromatic rings. The molecule has 0 bridgehead atoms. The number of hydrogen-bond acceptors (Lipinski definition) is 7. The molecule has 0 saturated heterocycles. The van der Waals surface area contributed by atoms with E-state index in [-0.39, 0.29) is 50.3 Å². The Kier molecular flexibility index (Phi) is 7.90. The van der Waals surface area contributed by atoms with E-state index in [0.717, 1.165) is 4.90 Å². The number of amides is 3. The Hall–Kier alpha value is -3.23. The monoisotopic (exact) mass is 432 g/mol. The second kappa shape index (κ2) is 10.2. The van der Waals surface area contributed by atoms with Gasteiger partial charge in [0.1, 0.15) is 0 Å². The highest BCUT2D eigenvalue weighted by atomic mass is 16.6. The van der Waals surface area contributed by atoms with Crippen LogP contribution in [0.15, 0.2) is 24.3 Å². The van der Waals surface area contributed by atoms with Crippen molar-refractivity contribution in [3.8, 4) is 0 Å². The van der Waals surface area contributed by atoms with Crippen LogP contribution in [0, 0.1) is 5.92 Å². The molecule has 0 fully saturated rings. The summed E-state index contributed by atoms with van der Waals surface area (Å²) in [4.78, 5) is 63.4. The van der Waals surface area contributed by atoms with Crippen molar-refractivity contribution in [1.82, 2.24) is 10.2 Å². The molecule has 1 unspecified atom stereocenters. The topological polar surface area (TPSA) is 119 Å². The Balaban J connectivity index is 2.17. The van der Waals surface area contributed by atoms with Crippen LogP contribution in [0.4, 0.5) is 0 Å². The Bertz CT molecular complexity index is 827. The second-order valence-electron chi connectivity index (χ2n) is 7.44. The molecule has 9 nitrogen and oxygen atoms in total. The number of carbonyl (C=O) groups excluding carboxylic acids is 5. The van der Waals surface area contributed by atoms with Crippen molar-refractivity contribution in [2.24, 2.45) is 5.92 Å². The fraction of sp³-hybridized carbons (Fsp3) is 0.500. The lowest BCUT2D eigenvalue weighted by atomic mass is 9.89. The summed E-state index contributed by atoms with van der Waals surface area (Å²) in [6, 6.07) is 6.59. The highest BCUT2D eigenvalue weighted by Crippen LogP contribution is 2.26. The van der Waals surface area contributed by atoms with Crippen LogP contribution in [-0.4, -0.2) is 59.9 Å². The number of ether oxygens (including phenoxy) is 2. The Labute approximate surface area is 181 Å². The number of fused-ring (bicyclic) bond motifs is 1. The number of esters is 2. The van der Waals surface area contributed by atoms with Gasteiger partial charge >= 0.3 is 11.9 Å². The van der Waals surface area contributed by atoms with Crippen LogP contribution < -0.4 is 5.32 Å². The third-order valence-electron chi connectivity index (χ3n) is 5.02. The number of rotatable bonds is 10. The van der Waals surface area contributed by atoms with Gasteiger partial charge in [0.25, 0.3) is 11.8 Å². The highest BCUT2D eigenvalue weighted by Gasteiger charge is 2.50. The van der Waals surface area contributed by atoms with Crippen LogP contribution in [0.1, 0.15) is 61.3 Å². The van der Waals surface area contributed by atoms with Crippen molar-refractivity contribution in [2.45, 2.75) is 46.1 Å². The first-order valence-corrected chi connectivity index (χ1v) is 10.3. The third-order valence-corrected chi connectivity index (χ3v) is 5.02. The van der Waals surface area contributed by atoms with Crippen LogP contribution >= 0.6 is 0 Å². The third kappa shape index (κ3) is 5.10. The molecule has 0 aromatic heterocycles. The van der Waals surface area contributed by atoms with Crippen molar-refractivity contribution in [1.29, 1.82) is 0 Å². The van der Waals surface area contributed by atoms with E-state index in [9.17, 15) is 24.0 Å². The predicted molar refractivity (Wildman–Crippen MR) is 110 cm³/mol. The first-order chi connectivity index (χ1) is 14.7. The first kappa shape index (κ1) is 24.0. The summed E-state index contributed by atoms with van der Waals surface area (Å²) in [7, 11) is 0. The minimum atomic E-state index is -1.99. The molecule has 0 aliphatic carbocycles. The molecule has 2 rings (SSSR count). The largest absolute Gasteiger partial charge is 0.464 e. The van der Waals surface area contributed by atoms with Crippen LogP contribution in [-0.2, 0) is 23.9 Å². The second-order valence-corrected chi connectivity index (χ2v) is 7.44. The molecule has 0 saturated carbocycles. The van der Waals surface area contributed by atoms with Crippen molar-refractivity contribution >= 4 is 29.7 Å². The van der Waals surface area contributed by atoms with E-state index >= 15 is 0 Å². The van der Waals surface area contributed by atoms with E-state index < -0.39 is 23.4 Å². The Morgan fingerprint density at radius 3 is 1.90 bits per heavy atom. The molecule has 3 amide bonds. The lowest BCUT2D eigenvalue weighted by Gasteiger charge is -2.31. The number of nitrogens with zero attached hydrogens (tertiary/aromatic N) is 1. The molecule has 1 N–H and O–H groups in total. The summed E-state index contributed by atoms with van der Waals surface area (Å²) in [5.41, 5.74) is -1.29. The van der Waals surface area contributed by atoms with Gasteiger partial charge in [-0.25, -0.2) is 9.59 Å². The van der Waals surface area contributed by atoms with Gasteiger partial charge in [-0.2, -0.15) is 0 Å². The van der Waals surface area contributed by atoms with E-state index in [0.29, 0.717) is 11.1 Å². The van der Waals surface area contributed by atoms with Crippen molar-refractivity contribution in [2.75, 3.05) is 19.8 Å². The smallest absolute Gasteiger partial charge is 0.343 e. The summed E-state index contributed by atoms with van der Waals surface area (Å²) in [5, 5.41) is 2.41. The summed E-state index contributed by atoms with van der Waals surface area (Å²) < 4.78 is 10.1. The quantitative estimate of drug-likeness (QED) is 0.339. The molecule has 1 heterocycles. The molecule has 9 heteroatoms. The van der Waals surface area contributed by atoms with Crippen LogP contribution in [0.3, 0.4) is 0 Å². The van der Waals surface area contributed by atoms with Crippen molar-refractivity contribution in [3.05, 3.63) is 35.4 Å². The van der Waals surface area contributed by atoms with E-state index in [1.165, 1.54) is 6.92 Å². The van der Waals surface area contributed by atoms with Gasteiger partial charge in [-0.05, 0) is 44.7 Å². The molecule has 1 aliphatic rings. The number of hydrogen-bond donors (Lipinski definition) is 1. The number of carbonyl (C=O) groups is 5. The van der Waals surface area contributed by atoms with Gasteiger partial charge in [-0.15, -0.1) is 0 Å². The molecule has 1 aromatic carbocycles. The molecule has 1 atom stereocenters. The maximum absolute atomic E-state index is 12.7. The number of benzene rings is 1. The Morgan fingerprint density at radius 2 is 1.48 bits per heavy atom. The highest BCUT2D eigenvalue weighted by molar-refractivity contribution is 6.21. The van der Waals surface area contributed by atoms with Crippen LogP contribution in [0.5, 0.6) is 0 Å². The van der Waals surface area contributed by atoms with Gasteiger partial charge in [-0.1, -0.05) is 19.1 Å². The number of imide groups is 1. The fourth-order valence-corrected chi connectivity index (χ4v) is 3.53. The minimum Gasteiger partial charge on any atom is -0.464 e. The minimum absolute atomic E-state index is 0.0180. The zero-order valence-electron chi connectivity index (χ0n) is 18.2. The van der Waals surface area contributed by atoms with Gasteiger partial charge in [-0.3, -0.25) is 19.3 Å². The summed E-state index contributed by atoms with van der Waals surface area (Å²) in [6.45, 7) is 6.30. The van der Waals surface area contributed by atoms with Crippen molar-refractivity contribution < 1.29 is 33.4 Å². The number of nitrogens with one attached hydrogen (secondary N) is 1. The van der Waals surface area contributed by atoms with E-state index in [2.05, 4.69) is 5.32 Å². The van der Waals surface area contributed by atoms with Crippen LogP contribution in [0.2, 0.25) is 0 Å². The van der Waals surface area contributed by atoms with Crippen molar-refractivity contribution in [3.63, 3.8) is 0 Å². The predicted octanol–water partition coefficient (Wildman–Crippen LogP) is 1.70. The zero-order valence-corrected chi connectivity index (χ0v) is 18.2. The normalized spacial score (nSPS) is 14.1. The van der Waals surface area contributed by atoms with Gasteiger partial charge in [0, 0.05) is 13.5 Å². The molecular weight excluding hydrogens is 404 g/mol. The lowest BCUT2D eigenvalue weighted by molar-refractivity contribution is -0.168. The SMILES string of the molecule is CCOC(=O)C(CCC(C)CN1C(=O)c2ccccc2C1=O)(NC(C)=O)C(=O)OCC. The molecule has 1 aliphatic heterocycles. The molecule has 0 radical (unpaired) electrons. The average Bonchev–Trinajstić information content (AvgIpc) is 2.96. The lowest BCUT2D eigenvalue weighted by Crippen LogP contribution is -2.61. The summed E-state index contributed by atoms with van der Waals surface area (Å²) >= 11 is 0. The van der Waals surface area contributed by atoms with Crippen LogP contribution in [0.25, 0.3) is 0 Å². The average molecular weight is 432 g/mol. The maximum atomic E-state index is 12.7. The van der Waals surface area contributed by atoms with Gasteiger partial charge < -0.3 is 14.8 Å². The summed E-state index contributed by atoms with van der Waals surface area (Å²) in [5.74, 6) is -3.42.